The van der Waals surface area contributed by atoms with Gasteiger partial charge in [-0.25, -0.2) is 4.39 Å². The van der Waals surface area contributed by atoms with Crippen molar-refractivity contribution in [3.8, 4) is 0 Å². The molecule has 1 nitrogen and oxygen atoms in total. The van der Waals surface area contributed by atoms with Crippen molar-refractivity contribution in [2.24, 2.45) is 5.73 Å². The molecule has 0 aliphatic heterocycles. The number of benzene rings is 1. The van der Waals surface area contributed by atoms with E-state index < -0.39 is 0 Å². The summed E-state index contributed by atoms with van der Waals surface area (Å²) in [5.41, 5.74) is 7.06. The molecular formula is C9H12FN. The maximum Gasteiger partial charge on any atom is 0.126 e. The minimum Gasteiger partial charge on any atom is -0.330 e. The molecule has 2 heteroatoms. The van der Waals surface area contributed by atoms with Crippen molar-refractivity contribution in [2.75, 3.05) is 6.54 Å². The number of aryl methyl sites for hydroxylation is 1. The van der Waals surface area contributed by atoms with Crippen LogP contribution < -0.4 is 5.73 Å². The Bertz CT molecular complexity index is 225. The van der Waals surface area contributed by atoms with Crippen molar-refractivity contribution in [1.29, 1.82) is 0 Å². The van der Waals surface area contributed by atoms with Crippen molar-refractivity contribution < 1.29 is 4.39 Å². The van der Waals surface area contributed by atoms with Crippen LogP contribution in [0.1, 0.15) is 11.1 Å². The monoisotopic (exact) mass is 153 g/mol. The zero-order valence-corrected chi connectivity index (χ0v) is 6.60. The fourth-order valence-electron chi connectivity index (χ4n) is 1.13. The van der Waals surface area contributed by atoms with E-state index in [1.807, 2.05) is 13.0 Å². The van der Waals surface area contributed by atoms with Gasteiger partial charge >= 0.3 is 0 Å². The molecule has 1 aromatic carbocycles. The first-order valence-corrected chi connectivity index (χ1v) is 3.69. The largest absolute Gasteiger partial charge is 0.330 e. The van der Waals surface area contributed by atoms with Crippen LogP contribution in [0.3, 0.4) is 0 Å². The lowest BCUT2D eigenvalue weighted by molar-refractivity contribution is 0.607. The van der Waals surface area contributed by atoms with E-state index in [-0.39, 0.29) is 5.82 Å². The number of rotatable bonds is 2. The normalized spacial score (nSPS) is 10.1. The standard InChI is InChI=1S/C9H12FN/c1-7-3-2-4-9(10)8(7)5-6-11/h2-4H,5-6,11H2,1H3. The molecule has 0 heterocycles. The molecule has 0 bridgehead atoms. The lowest BCUT2D eigenvalue weighted by atomic mass is 10.1. The molecule has 0 atom stereocenters. The molecule has 0 radical (unpaired) electrons. The first kappa shape index (κ1) is 8.21. The lowest BCUT2D eigenvalue weighted by Crippen LogP contribution is -2.05. The Morgan fingerprint density at radius 1 is 1.45 bits per heavy atom. The smallest absolute Gasteiger partial charge is 0.126 e. The number of halogens is 1. The van der Waals surface area contributed by atoms with Crippen LogP contribution in [0, 0.1) is 12.7 Å². The summed E-state index contributed by atoms with van der Waals surface area (Å²) in [4.78, 5) is 0. The number of hydrogen-bond acceptors (Lipinski definition) is 1. The summed E-state index contributed by atoms with van der Waals surface area (Å²) >= 11 is 0. The lowest BCUT2D eigenvalue weighted by Gasteiger charge is -2.03. The van der Waals surface area contributed by atoms with Gasteiger partial charge in [0.15, 0.2) is 0 Å². The third-order valence-electron chi connectivity index (χ3n) is 1.75. The van der Waals surface area contributed by atoms with Gasteiger partial charge in [0, 0.05) is 0 Å². The maximum absolute atomic E-state index is 13.0. The van der Waals surface area contributed by atoms with Crippen molar-refractivity contribution in [3.05, 3.63) is 35.1 Å². The van der Waals surface area contributed by atoms with Crippen molar-refractivity contribution in [3.63, 3.8) is 0 Å². The van der Waals surface area contributed by atoms with Crippen molar-refractivity contribution in [1.82, 2.24) is 0 Å². The van der Waals surface area contributed by atoms with E-state index in [0.29, 0.717) is 13.0 Å². The quantitative estimate of drug-likeness (QED) is 0.686. The van der Waals surface area contributed by atoms with Gasteiger partial charge in [-0.3, -0.25) is 0 Å². The minimum absolute atomic E-state index is 0.143. The number of nitrogens with two attached hydrogens (primary N) is 1. The summed E-state index contributed by atoms with van der Waals surface area (Å²) in [6.45, 7) is 2.40. The van der Waals surface area contributed by atoms with E-state index in [1.54, 1.807) is 6.07 Å². The Kier molecular flexibility index (Phi) is 2.60. The molecule has 1 aromatic rings. The van der Waals surface area contributed by atoms with Crippen LogP contribution in [0.5, 0.6) is 0 Å². The summed E-state index contributed by atoms with van der Waals surface area (Å²) in [5.74, 6) is -0.143. The van der Waals surface area contributed by atoms with Gasteiger partial charge in [-0.1, -0.05) is 12.1 Å². The predicted molar refractivity (Wildman–Crippen MR) is 43.9 cm³/mol. The fraction of sp³-hybridized carbons (Fsp3) is 0.333. The maximum atomic E-state index is 13.0. The molecule has 0 spiro atoms. The second kappa shape index (κ2) is 3.49. The summed E-state index contributed by atoms with van der Waals surface area (Å²) in [6, 6.07) is 5.08. The fourth-order valence-corrected chi connectivity index (χ4v) is 1.13. The zero-order chi connectivity index (χ0) is 8.27. The van der Waals surface area contributed by atoms with Gasteiger partial charge in [0.25, 0.3) is 0 Å². The highest BCUT2D eigenvalue weighted by Gasteiger charge is 2.02. The second-order valence-electron chi connectivity index (χ2n) is 2.57. The molecular weight excluding hydrogens is 141 g/mol. The van der Waals surface area contributed by atoms with Crippen LogP contribution in [0.25, 0.3) is 0 Å². The molecule has 2 N–H and O–H groups in total. The average molecular weight is 153 g/mol. The Balaban J connectivity index is 3.00. The molecule has 0 saturated heterocycles. The average Bonchev–Trinajstić information content (AvgIpc) is 1.97. The molecule has 0 aliphatic rings. The van der Waals surface area contributed by atoms with Crippen LogP contribution in [0.4, 0.5) is 4.39 Å². The van der Waals surface area contributed by atoms with Gasteiger partial charge in [0.05, 0.1) is 0 Å². The van der Waals surface area contributed by atoms with Crippen molar-refractivity contribution in [2.45, 2.75) is 13.3 Å². The summed E-state index contributed by atoms with van der Waals surface area (Å²) in [7, 11) is 0. The van der Waals surface area contributed by atoms with Crippen LogP contribution in [-0.4, -0.2) is 6.54 Å². The summed E-state index contributed by atoms with van der Waals surface area (Å²) < 4.78 is 13.0. The van der Waals surface area contributed by atoms with Crippen molar-refractivity contribution >= 4 is 0 Å². The van der Waals surface area contributed by atoms with Crippen LogP contribution in [0.15, 0.2) is 18.2 Å². The van der Waals surface area contributed by atoms with E-state index in [2.05, 4.69) is 0 Å². The highest BCUT2D eigenvalue weighted by molar-refractivity contribution is 5.27. The Labute approximate surface area is 66.0 Å². The van der Waals surface area contributed by atoms with Crippen LogP contribution in [0.2, 0.25) is 0 Å². The molecule has 0 saturated carbocycles. The Morgan fingerprint density at radius 2 is 2.18 bits per heavy atom. The first-order valence-electron chi connectivity index (χ1n) is 3.69. The third-order valence-corrected chi connectivity index (χ3v) is 1.75. The molecule has 0 aromatic heterocycles. The zero-order valence-electron chi connectivity index (χ0n) is 6.60. The van der Waals surface area contributed by atoms with Gasteiger partial charge in [-0.2, -0.15) is 0 Å². The van der Waals surface area contributed by atoms with Gasteiger partial charge in [0.1, 0.15) is 5.82 Å². The number of hydrogen-bond donors (Lipinski definition) is 1. The van der Waals surface area contributed by atoms with Gasteiger partial charge < -0.3 is 5.73 Å². The van der Waals surface area contributed by atoms with E-state index in [4.69, 9.17) is 5.73 Å². The molecule has 1 rings (SSSR count). The summed E-state index contributed by atoms with van der Waals surface area (Å²) in [6.07, 6.45) is 0.624. The van der Waals surface area contributed by atoms with Gasteiger partial charge in [-0.15, -0.1) is 0 Å². The van der Waals surface area contributed by atoms with E-state index in [0.717, 1.165) is 11.1 Å². The minimum atomic E-state index is -0.143. The topological polar surface area (TPSA) is 26.0 Å². The summed E-state index contributed by atoms with van der Waals surface area (Å²) in [5, 5.41) is 0. The molecule has 0 fully saturated rings. The third kappa shape index (κ3) is 1.77. The molecule has 0 unspecified atom stereocenters. The Hall–Kier alpha value is -0.890. The van der Waals surface area contributed by atoms with Crippen LogP contribution >= 0.6 is 0 Å². The van der Waals surface area contributed by atoms with E-state index in [1.165, 1.54) is 6.07 Å². The van der Waals surface area contributed by atoms with Gasteiger partial charge in [0.2, 0.25) is 0 Å². The molecule has 0 aliphatic carbocycles. The van der Waals surface area contributed by atoms with Crippen LogP contribution in [-0.2, 0) is 6.42 Å². The Morgan fingerprint density at radius 3 is 2.73 bits per heavy atom. The second-order valence-corrected chi connectivity index (χ2v) is 2.57. The van der Waals surface area contributed by atoms with E-state index in [9.17, 15) is 4.39 Å². The van der Waals surface area contributed by atoms with E-state index >= 15 is 0 Å². The first-order chi connectivity index (χ1) is 5.25. The molecule has 60 valence electrons. The molecule has 0 amide bonds. The molecule has 11 heavy (non-hydrogen) atoms. The highest BCUT2D eigenvalue weighted by atomic mass is 19.1. The SMILES string of the molecule is Cc1cccc(F)c1CCN. The predicted octanol–water partition coefficient (Wildman–Crippen LogP) is 1.64. The van der Waals surface area contributed by atoms with Gasteiger partial charge in [-0.05, 0) is 37.1 Å². The highest BCUT2D eigenvalue weighted by Crippen LogP contribution is 2.12.